The maximum Gasteiger partial charge on any atom is 0.146 e. The summed E-state index contributed by atoms with van der Waals surface area (Å²) in [7, 11) is 0. The van der Waals surface area contributed by atoms with Gasteiger partial charge in [-0.1, -0.05) is 18.2 Å². The van der Waals surface area contributed by atoms with Crippen molar-refractivity contribution < 1.29 is 8.78 Å². The summed E-state index contributed by atoms with van der Waals surface area (Å²) < 4.78 is 27.3. The first-order chi connectivity index (χ1) is 10.1. The van der Waals surface area contributed by atoms with E-state index in [0.29, 0.717) is 18.8 Å². The Morgan fingerprint density at radius 1 is 1.14 bits per heavy atom. The van der Waals surface area contributed by atoms with Crippen molar-refractivity contribution in [3.63, 3.8) is 0 Å². The Balaban J connectivity index is 2.45. The fourth-order valence-electron chi connectivity index (χ4n) is 2.68. The molecule has 2 aromatic carbocycles. The lowest BCUT2D eigenvalue weighted by atomic mass is 9.99. The van der Waals surface area contributed by atoms with Crippen molar-refractivity contribution in [1.29, 1.82) is 0 Å². The monoisotopic (exact) mass is 290 g/mol. The second-order valence-corrected chi connectivity index (χ2v) is 4.99. The summed E-state index contributed by atoms with van der Waals surface area (Å²) in [5.74, 6) is -0.557. The van der Waals surface area contributed by atoms with Gasteiger partial charge in [-0.3, -0.25) is 0 Å². The second kappa shape index (κ2) is 6.68. The van der Waals surface area contributed by atoms with Gasteiger partial charge in [-0.15, -0.1) is 0 Å². The Labute approximate surface area is 124 Å². The third-order valence-electron chi connectivity index (χ3n) is 3.69. The normalized spacial score (nSPS) is 12.2. The number of nitrogens with two attached hydrogens (primary N) is 1. The van der Waals surface area contributed by atoms with E-state index in [2.05, 4.69) is 0 Å². The van der Waals surface area contributed by atoms with Gasteiger partial charge in [-0.2, -0.15) is 0 Å². The van der Waals surface area contributed by atoms with Gasteiger partial charge in [0.05, 0.1) is 11.7 Å². The summed E-state index contributed by atoms with van der Waals surface area (Å²) in [6.07, 6.45) is 0. The number of aryl methyl sites for hydroxylation is 1. The van der Waals surface area contributed by atoms with Crippen molar-refractivity contribution in [3.05, 3.63) is 65.2 Å². The van der Waals surface area contributed by atoms with Gasteiger partial charge < -0.3 is 10.6 Å². The van der Waals surface area contributed by atoms with Crippen molar-refractivity contribution in [2.75, 3.05) is 18.0 Å². The molecule has 1 atom stereocenters. The minimum atomic E-state index is -0.280. The maximum atomic E-state index is 14.1. The summed E-state index contributed by atoms with van der Waals surface area (Å²) in [6.45, 7) is 4.73. The maximum absolute atomic E-state index is 14.1. The Hall–Kier alpha value is -1.94. The molecule has 0 amide bonds. The van der Waals surface area contributed by atoms with Gasteiger partial charge >= 0.3 is 0 Å². The van der Waals surface area contributed by atoms with E-state index in [9.17, 15) is 8.78 Å². The second-order valence-electron chi connectivity index (χ2n) is 4.99. The van der Waals surface area contributed by atoms with Crippen molar-refractivity contribution >= 4 is 5.69 Å². The molecular weight excluding hydrogens is 270 g/mol. The minimum Gasteiger partial charge on any atom is -0.361 e. The average Bonchev–Trinajstić information content (AvgIpc) is 2.47. The molecule has 0 aliphatic carbocycles. The molecule has 0 bridgehead atoms. The summed E-state index contributed by atoms with van der Waals surface area (Å²) in [6, 6.07) is 11.1. The molecule has 0 aliphatic heterocycles. The Morgan fingerprint density at radius 3 is 2.43 bits per heavy atom. The number of anilines is 1. The topological polar surface area (TPSA) is 29.3 Å². The van der Waals surface area contributed by atoms with E-state index >= 15 is 0 Å². The molecule has 21 heavy (non-hydrogen) atoms. The molecule has 2 aromatic rings. The van der Waals surface area contributed by atoms with Gasteiger partial charge in [0.25, 0.3) is 0 Å². The molecule has 0 aliphatic rings. The molecule has 0 spiro atoms. The summed E-state index contributed by atoms with van der Waals surface area (Å²) in [4.78, 5) is 1.91. The van der Waals surface area contributed by atoms with Crippen LogP contribution >= 0.6 is 0 Å². The summed E-state index contributed by atoms with van der Waals surface area (Å²) in [5.41, 5.74) is 8.17. The van der Waals surface area contributed by atoms with Crippen LogP contribution in [0.5, 0.6) is 0 Å². The van der Waals surface area contributed by atoms with Gasteiger partial charge in [0.1, 0.15) is 11.6 Å². The van der Waals surface area contributed by atoms with Crippen LogP contribution in [0, 0.1) is 18.6 Å². The van der Waals surface area contributed by atoms with E-state index in [1.165, 1.54) is 18.2 Å². The molecule has 0 heterocycles. The van der Waals surface area contributed by atoms with Crippen molar-refractivity contribution in [2.24, 2.45) is 5.73 Å². The van der Waals surface area contributed by atoms with E-state index in [1.54, 1.807) is 24.3 Å². The van der Waals surface area contributed by atoms with Gasteiger partial charge in [0.2, 0.25) is 0 Å². The predicted molar refractivity (Wildman–Crippen MR) is 82.4 cm³/mol. The molecule has 2 rings (SSSR count). The highest BCUT2D eigenvalue weighted by molar-refractivity contribution is 5.51. The van der Waals surface area contributed by atoms with Gasteiger partial charge in [-0.25, -0.2) is 8.78 Å². The van der Waals surface area contributed by atoms with Gasteiger partial charge in [0, 0.05) is 13.1 Å². The van der Waals surface area contributed by atoms with E-state index in [1.807, 2.05) is 18.7 Å². The quantitative estimate of drug-likeness (QED) is 0.907. The zero-order valence-electron chi connectivity index (χ0n) is 12.3. The fraction of sp³-hybridized carbons (Fsp3) is 0.294. The van der Waals surface area contributed by atoms with Gasteiger partial charge in [0.15, 0.2) is 0 Å². The molecule has 0 aromatic heterocycles. The number of hydrogen-bond acceptors (Lipinski definition) is 2. The molecule has 0 saturated heterocycles. The molecule has 0 radical (unpaired) electrons. The molecule has 0 fully saturated rings. The minimum absolute atomic E-state index is 0.188. The lowest BCUT2D eigenvalue weighted by Crippen LogP contribution is -2.34. The molecule has 2 N–H and O–H groups in total. The van der Waals surface area contributed by atoms with E-state index in [0.717, 1.165) is 11.1 Å². The SMILES string of the molecule is CCN(c1ccccc1F)C(CN)c1ccc(F)cc1C. The van der Waals surface area contributed by atoms with E-state index in [4.69, 9.17) is 5.73 Å². The van der Waals surface area contributed by atoms with Crippen LogP contribution in [0.2, 0.25) is 0 Å². The number of para-hydroxylation sites is 1. The molecule has 0 saturated carbocycles. The number of likely N-dealkylation sites (N-methyl/N-ethyl adjacent to an activating group) is 1. The predicted octanol–water partition coefficient (Wildman–Crippen LogP) is 3.80. The fourth-order valence-corrected chi connectivity index (χ4v) is 2.68. The highest BCUT2D eigenvalue weighted by atomic mass is 19.1. The molecule has 2 nitrogen and oxygen atoms in total. The highest BCUT2D eigenvalue weighted by Crippen LogP contribution is 2.30. The summed E-state index contributed by atoms with van der Waals surface area (Å²) >= 11 is 0. The first-order valence-electron chi connectivity index (χ1n) is 7.05. The number of hydrogen-bond donors (Lipinski definition) is 1. The summed E-state index contributed by atoms with van der Waals surface area (Å²) in [5, 5.41) is 0. The molecule has 112 valence electrons. The zero-order chi connectivity index (χ0) is 15.4. The average molecular weight is 290 g/mol. The largest absolute Gasteiger partial charge is 0.361 e. The van der Waals surface area contributed by atoms with Crippen LogP contribution in [0.1, 0.15) is 24.1 Å². The third kappa shape index (κ3) is 3.22. The molecule has 4 heteroatoms. The number of rotatable bonds is 5. The standard InChI is InChI=1S/C17H20F2N2/c1-3-21(16-7-5-4-6-15(16)19)17(11-20)14-9-8-13(18)10-12(14)2/h4-10,17H,3,11,20H2,1-2H3. The lowest BCUT2D eigenvalue weighted by Gasteiger charge is -2.33. The van der Waals surface area contributed by atoms with Crippen LogP contribution in [0.15, 0.2) is 42.5 Å². The Morgan fingerprint density at radius 2 is 1.86 bits per heavy atom. The highest BCUT2D eigenvalue weighted by Gasteiger charge is 2.22. The number of benzene rings is 2. The first kappa shape index (κ1) is 15.4. The van der Waals surface area contributed by atoms with Crippen LogP contribution in [-0.4, -0.2) is 13.1 Å². The van der Waals surface area contributed by atoms with E-state index < -0.39 is 0 Å². The third-order valence-corrected chi connectivity index (χ3v) is 3.69. The van der Waals surface area contributed by atoms with Crippen LogP contribution in [0.25, 0.3) is 0 Å². The smallest absolute Gasteiger partial charge is 0.146 e. The van der Waals surface area contributed by atoms with E-state index in [-0.39, 0.29) is 17.7 Å². The van der Waals surface area contributed by atoms with Crippen molar-refractivity contribution in [2.45, 2.75) is 19.9 Å². The number of nitrogens with zero attached hydrogens (tertiary/aromatic N) is 1. The van der Waals surface area contributed by atoms with Crippen molar-refractivity contribution in [1.82, 2.24) is 0 Å². The lowest BCUT2D eigenvalue weighted by molar-refractivity contribution is 0.584. The van der Waals surface area contributed by atoms with Crippen LogP contribution in [0.3, 0.4) is 0 Å². The Kier molecular flexibility index (Phi) is 4.91. The van der Waals surface area contributed by atoms with Gasteiger partial charge in [-0.05, 0) is 49.2 Å². The van der Waals surface area contributed by atoms with Crippen LogP contribution in [0.4, 0.5) is 14.5 Å². The van der Waals surface area contributed by atoms with Crippen LogP contribution in [-0.2, 0) is 0 Å². The van der Waals surface area contributed by atoms with Crippen LogP contribution < -0.4 is 10.6 Å². The molecular formula is C17H20F2N2. The zero-order valence-corrected chi connectivity index (χ0v) is 12.3. The first-order valence-corrected chi connectivity index (χ1v) is 7.05. The Bertz CT molecular complexity index is 613. The molecule has 1 unspecified atom stereocenters. The van der Waals surface area contributed by atoms with Crippen molar-refractivity contribution in [3.8, 4) is 0 Å². The number of halogens is 2.